The van der Waals surface area contributed by atoms with Crippen LogP contribution < -0.4 is 14.9 Å². The number of hydrogen-bond acceptors (Lipinski definition) is 4. The van der Waals surface area contributed by atoms with Crippen molar-refractivity contribution >= 4 is 33.2 Å². The molecule has 0 saturated carbocycles. The molecule has 0 radical (unpaired) electrons. The lowest BCUT2D eigenvalue weighted by Crippen LogP contribution is -2.47. The molecule has 0 aliphatic rings. The highest BCUT2D eigenvalue weighted by atomic mass is 32.2. The Kier molecular flexibility index (Phi) is 8.07. The van der Waals surface area contributed by atoms with Crippen LogP contribution in [-0.4, -0.2) is 32.5 Å². The first-order valence-corrected chi connectivity index (χ1v) is 12.9. The molecule has 178 valence electrons. The standard InChI is InChI=1S/C26H29N3O4S/c1-4-24(29(34(3,32)33)21-15-9-6-10-16-21)26(31)28-23-18-12-11-17-22(23)25(30)27-19(2)20-13-7-5-8-14-20/h5-19,24H,4H2,1-3H3,(H,27,30)(H,28,31)/t19-,24+/m0/s1. The van der Waals surface area contributed by atoms with Crippen LogP contribution in [0.25, 0.3) is 0 Å². The summed E-state index contributed by atoms with van der Waals surface area (Å²) in [5.41, 5.74) is 1.95. The number of para-hydroxylation sites is 2. The van der Waals surface area contributed by atoms with Gasteiger partial charge in [0.25, 0.3) is 5.91 Å². The molecule has 3 aromatic rings. The minimum Gasteiger partial charge on any atom is -0.345 e. The number of amides is 2. The summed E-state index contributed by atoms with van der Waals surface area (Å²) in [4.78, 5) is 26.3. The Labute approximate surface area is 200 Å². The summed E-state index contributed by atoms with van der Waals surface area (Å²) in [6.45, 7) is 3.62. The van der Waals surface area contributed by atoms with E-state index in [1.165, 1.54) is 0 Å². The maximum atomic E-state index is 13.3. The zero-order valence-corrected chi connectivity index (χ0v) is 20.2. The minimum atomic E-state index is -3.75. The predicted molar refractivity (Wildman–Crippen MR) is 135 cm³/mol. The fraction of sp³-hybridized carbons (Fsp3) is 0.231. The molecule has 2 N–H and O–H groups in total. The lowest BCUT2D eigenvalue weighted by atomic mass is 10.1. The summed E-state index contributed by atoms with van der Waals surface area (Å²) in [7, 11) is -3.75. The number of nitrogens with one attached hydrogen (secondary N) is 2. The molecule has 0 fully saturated rings. The van der Waals surface area contributed by atoms with Crippen molar-refractivity contribution in [3.8, 4) is 0 Å². The van der Waals surface area contributed by atoms with E-state index < -0.39 is 22.0 Å². The third-order valence-electron chi connectivity index (χ3n) is 5.42. The summed E-state index contributed by atoms with van der Waals surface area (Å²) < 4.78 is 26.3. The number of carbonyl (C=O) groups excluding carboxylic acids is 2. The molecule has 0 aromatic heterocycles. The Morgan fingerprint density at radius 1 is 0.882 bits per heavy atom. The van der Waals surface area contributed by atoms with Gasteiger partial charge in [0.2, 0.25) is 15.9 Å². The zero-order valence-electron chi connectivity index (χ0n) is 19.4. The van der Waals surface area contributed by atoms with Crippen LogP contribution in [0.1, 0.15) is 42.2 Å². The normalized spacial score (nSPS) is 12.9. The second-order valence-electron chi connectivity index (χ2n) is 7.96. The SMILES string of the molecule is CC[C@H](C(=O)Nc1ccccc1C(=O)N[C@@H](C)c1ccccc1)N(c1ccccc1)S(C)(=O)=O. The second kappa shape index (κ2) is 11.0. The van der Waals surface area contributed by atoms with Crippen molar-refractivity contribution in [2.75, 3.05) is 15.9 Å². The van der Waals surface area contributed by atoms with Gasteiger partial charge in [0.05, 0.1) is 29.2 Å². The number of rotatable bonds is 9. The van der Waals surface area contributed by atoms with Gasteiger partial charge in [-0.05, 0) is 43.2 Å². The fourth-order valence-electron chi connectivity index (χ4n) is 3.74. The van der Waals surface area contributed by atoms with E-state index in [0.717, 1.165) is 16.1 Å². The Morgan fingerprint density at radius 3 is 2.03 bits per heavy atom. The minimum absolute atomic E-state index is 0.236. The van der Waals surface area contributed by atoms with Crippen LogP contribution in [-0.2, 0) is 14.8 Å². The van der Waals surface area contributed by atoms with Crippen molar-refractivity contribution in [3.05, 3.63) is 96.1 Å². The van der Waals surface area contributed by atoms with Crippen molar-refractivity contribution < 1.29 is 18.0 Å². The summed E-state index contributed by atoms with van der Waals surface area (Å²) in [6, 6.07) is 23.5. The molecule has 0 unspecified atom stereocenters. The van der Waals surface area contributed by atoms with Crippen molar-refractivity contribution in [1.82, 2.24) is 5.32 Å². The third-order valence-corrected chi connectivity index (χ3v) is 6.60. The van der Waals surface area contributed by atoms with E-state index in [1.807, 2.05) is 37.3 Å². The first kappa shape index (κ1) is 25.0. The molecule has 3 rings (SSSR count). The molecular weight excluding hydrogens is 450 g/mol. The molecule has 0 aliphatic heterocycles. The largest absolute Gasteiger partial charge is 0.345 e. The van der Waals surface area contributed by atoms with Crippen molar-refractivity contribution in [1.29, 1.82) is 0 Å². The number of nitrogens with zero attached hydrogens (tertiary/aromatic N) is 1. The van der Waals surface area contributed by atoms with Crippen molar-refractivity contribution in [2.24, 2.45) is 0 Å². The maximum absolute atomic E-state index is 13.3. The van der Waals surface area contributed by atoms with Gasteiger partial charge in [-0.2, -0.15) is 0 Å². The smallest absolute Gasteiger partial charge is 0.253 e. The first-order chi connectivity index (χ1) is 16.2. The average Bonchev–Trinajstić information content (AvgIpc) is 2.82. The van der Waals surface area contributed by atoms with E-state index in [-0.39, 0.29) is 18.4 Å². The molecule has 2 atom stereocenters. The van der Waals surface area contributed by atoms with Crippen LogP contribution in [0.2, 0.25) is 0 Å². The van der Waals surface area contributed by atoms with Gasteiger partial charge in [-0.25, -0.2) is 8.42 Å². The van der Waals surface area contributed by atoms with Crippen LogP contribution in [0.15, 0.2) is 84.9 Å². The van der Waals surface area contributed by atoms with Crippen molar-refractivity contribution in [2.45, 2.75) is 32.4 Å². The van der Waals surface area contributed by atoms with Gasteiger partial charge < -0.3 is 10.6 Å². The molecule has 34 heavy (non-hydrogen) atoms. The quantitative estimate of drug-likeness (QED) is 0.477. The van der Waals surface area contributed by atoms with Crippen LogP contribution in [0.4, 0.5) is 11.4 Å². The number of anilines is 2. The first-order valence-electron chi connectivity index (χ1n) is 11.0. The topological polar surface area (TPSA) is 95.6 Å². The van der Waals surface area contributed by atoms with E-state index in [1.54, 1.807) is 61.5 Å². The molecule has 0 bridgehead atoms. The molecule has 0 aliphatic carbocycles. The van der Waals surface area contributed by atoms with Crippen LogP contribution in [0.3, 0.4) is 0 Å². The highest BCUT2D eigenvalue weighted by Gasteiger charge is 2.32. The van der Waals surface area contributed by atoms with Gasteiger partial charge in [-0.1, -0.05) is 67.6 Å². The summed E-state index contributed by atoms with van der Waals surface area (Å²) in [5, 5.41) is 5.72. The Hall–Kier alpha value is -3.65. The third kappa shape index (κ3) is 6.02. The van der Waals surface area contributed by atoms with Gasteiger partial charge in [0.15, 0.2) is 0 Å². The molecule has 0 heterocycles. The highest BCUT2D eigenvalue weighted by molar-refractivity contribution is 7.92. The van der Waals surface area contributed by atoms with E-state index in [9.17, 15) is 18.0 Å². The molecular formula is C26H29N3O4S. The van der Waals surface area contributed by atoms with Gasteiger partial charge >= 0.3 is 0 Å². The average molecular weight is 480 g/mol. The van der Waals surface area contributed by atoms with E-state index >= 15 is 0 Å². The lowest BCUT2D eigenvalue weighted by Gasteiger charge is -2.30. The lowest BCUT2D eigenvalue weighted by molar-refractivity contribution is -0.117. The summed E-state index contributed by atoms with van der Waals surface area (Å²) in [6.07, 6.45) is 1.31. The maximum Gasteiger partial charge on any atom is 0.253 e. The second-order valence-corrected chi connectivity index (χ2v) is 9.82. The number of hydrogen-bond donors (Lipinski definition) is 2. The highest BCUT2D eigenvalue weighted by Crippen LogP contribution is 2.24. The van der Waals surface area contributed by atoms with E-state index in [4.69, 9.17) is 0 Å². The van der Waals surface area contributed by atoms with Crippen LogP contribution >= 0.6 is 0 Å². The molecule has 8 heteroatoms. The number of benzene rings is 3. The van der Waals surface area contributed by atoms with E-state index in [2.05, 4.69) is 10.6 Å². The number of sulfonamides is 1. The van der Waals surface area contributed by atoms with Gasteiger partial charge in [0.1, 0.15) is 6.04 Å². The Bertz CT molecular complexity index is 1230. The van der Waals surface area contributed by atoms with Crippen LogP contribution in [0.5, 0.6) is 0 Å². The number of carbonyl (C=O) groups is 2. The zero-order chi connectivity index (χ0) is 24.7. The Balaban J connectivity index is 1.84. The van der Waals surface area contributed by atoms with Gasteiger partial charge in [0, 0.05) is 0 Å². The fourth-order valence-corrected chi connectivity index (χ4v) is 4.95. The van der Waals surface area contributed by atoms with Gasteiger partial charge in [-0.3, -0.25) is 13.9 Å². The van der Waals surface area contributed by atoms with Crippen molar-refractivity contribution in [3.63, 3.8) is 0 Å². The Morgan fingerprint density at radius 2 is 1.44 bits per heavy atom. The summed E-state index contributed by atoms with van der Waals surface area (Å²) in [5.74, 6) is -0.864. The van der Waals surface area contributed by atoms with E-state index in [0.29, 0.717) is 16.9 Å². The molecule has 0 spiro atoms. The molecule has 0 saturated heterocycles. The summed E-state index contributed by atoms with van der Waals surface area (Å²) >= 11 is 0. The van der Waals surface area contributed by atoms with Gasteiger partial charge in [-0.15, -0.1) is 0 Å². The predicted octanol–water partition coefficient (Wildman–Crippen LogP) is 4.36. The van der Waals surface area contributed by atoms with Crippen LogP contribution in [0, 0.1) is 0 Å². The molecule has 3 aromatic carbocycles. The molecule has 2 amide bonds. The monoisotopic (exact) mass is 479 g/mol. The molecule has 7 nitrogen and oxygen atoms in total.